The molecule has 0 aliphatic carbocycles. The fourth-order valence-electron chi connectivity index (χ4n) is 3.75. The summed E-state index contributed by atoms with van der Waals surface area (Å²) in [6.45, 7) is 13.7. The second kappa shape index (κ2) is 11.1. The van der Waals surface area contributed by atoms with E-state index in [2.05, 4.69) is 22.5 Å². The molecule has 1 fully saturated rings. The van der Waals surface area contributed by atoms with Crippen LogP contribution in [0.5, 0.6) is 5.75 Å². The number of benzene rings is 2. The number of nitrogens with one attached hydrogen (secondary N) is 2. The fourth-order valence-corrected chi connectivity index (χ4v) is 3.75. The van der Waals surface area contributed by atoms with Gasteiger partial charge in [0.2, 0.25) is 0 Å². The maximum absolute atomic E-state index is 13.3. The van der Waals surface area contributed by atoms with E-state index in [1.165, 1.54) is 5.01 Å². The molecule has 3 rings (SSSR count). The Hall–Kier alpha value is -3.72. The van der Waals surface area contributed by atoms with Crippen molar-refractivity contribution in [2.45, 2.75) is 53.6 Å². The summed E-state index contributed by atoms with van der Waals surface area (Å²) in [7, 11) is 0. The lowest BCUT2D eigenvalue weighted by atomic mass is 10.1. The number of urea groups is 1. The van der Waals surface area contributed by atoms with Crippen LogP contribution in [-0.2, 0) is 11.3 Å². The van der Waals surface area contributed by atoms with Gasteiger partial charge in [0.25, 0.3) is 5.91 Å². The van der Waals surface area contributed by atoms with Crippen LogP contribution < -0.4 is 15.5 Å². The van der Waals surface area contributed by atoms with E-state index in [1.807, 2.05) is 70.2 Å². The second-order valence-corrected chi connectivity index (χ2v) is 9.15. The first kappa shape index (κ1) is 25.9. The van der Waals surface area contributed by atoms with Gasteiger partial charge < -0.3 is 10.1 Å². The topological polar surface area (TPSA) is 103 Å². The molecular weight excluding hydrogens is 446 g/mol. The molecule has 9 heteroatoms. The Morgan fingerprint density at radius 1 is 1.20 bits per heavy atom. The van der Waals surface area contributed by atoms with Gasteiger partial charge in [-0.25, -0.2) is 4.79 Å². The molecule has 3 amide bonds. The molecule has 1 saturated heterocycles. The highest BCUT2D eigenvalue weighted by atomic mass is 16.5. The Morgan fingerprint density at radius 2 is 1.89 bits per heavy atom. The molecule has 2 N–H and O–H groups in total. The summed E-state index contributed by atoms with van der Waals surface area (Å²) < 4.78 is 5.82. The first-order chi connectivity index (χ1) is 16.6. The van der Waals surface area contributed by atoms with Crippen LogP contribution in [0.2, 0.25) is 0 Å². The second-order valence-electron chi connectivity index (χ2n) is 9.15. The predicted octanol–water partition coefficient (Wildman–Crippen LogP) is 4.88. The van der Waals surface area contributed by atoms with Crippen molar-refractivity contribution in [3.05, 3.63) is 70.6 Å². The smallest absolute Gasteiger partial charge is 0.337 e. The standard InChI is InChI=1S/C26H33N5O4/c1-16(2)21-9-7-20(8-10-21)15-30-25(28-31(26(30)33)14-19(6)24(32)29-34)27-22-11-12-23(18(5)13-22)35-17(3)4/h7-13,17,19,25,27-28H,1,14-15H2,2-6H3/t19-,25?/m0/s1. The highest BCUT2D eigenvalue weighted by Crippen LogP contribution is 2.25. The van der Waals surface area contributed by atoms with Crippen LogP contribution in [-0.4, -0.2) is 40.8 Å². The van der Waals surface area contributed by atoms with E-state index in [-0.39, 0.29) is 18.7 Å². The molecule has 0 radical (unpaired) electrons. The fraction of sp³-hybridized carbons (Fsp3) is 0.385. The number of rotatable bonds is 10. The third-order valence-corrected chi connectivity index (χ3v) is 5.68. The first-order valence-corrected chi connectivity index (χ1v) is 11.6. The predicted molar refractivity (Wildman–Crippen MR) is 136 cm³/mol. The quantitative estimate of drug-likeness (QED) is 0.471. The van der Waals surface area contributed by atoms with Crippen molar-refractivity contribution >= 4 is 23.2 Å². The third-order valence-electron chi connectivity index (χ3n) is 5.68. The number of allylic oxidation sites excluding steroid dienone is 1. The molecule has 0 saturated carbocycles. The molecule has 186 valence electrons. The van der Waals surface area contributed by atoms with Gasteiger partial charge in [-0.05, 0) is 62.6 Å². The Balaban J connectivity index is 1.82. The molecule has 2 aromatic rings. The number of hydrogen-bond donors (Lipinski definition) is 2. The monoisotopic (exact) mass is 479 g/mol. The van der Waals surface area contributed by atoms with E-state index in [4.69, 9.17) is 4.74 Å². The van der Waals surface area contributed by atoms with Crippen LogP contribution in [0.1, 0.15) is 44.4 Å². The maximum Gasteiger partial charge on any atom is 0.337 e. The van der Waals surface area contributed by atoms with Crippen LogP contribution in [0.3, 0.4) is 0 Å². The number of nitroso groups, excluding NO2 is 1. The van der Waals surface area contributed by atoms with Crippen molar-refractivity contribution in [3.63, 3.8) is 0 Å². The van der Waals surface area contributed by atoms with Crippen molar-refractivity contribution in [2.75, 3.05) is 11.9 Å². The minimum absolute atomic E-state index is 0.0207. The Morgan fingerprint density at radius 3 is 2.46 bits per heavy atom. The van der Waals surface area contributed by atoms with Crippen LogP contribution in [0.4, 0.5) is 10.5 Å². The Kier molecular flexibility index (Phi) is 8.24. The van der Waals surface area contributed by atoms with E-state index >= 15 is 0 Å². The van der Waals surface area contributed by atoms with Crippen molar-refractivity contribution < 1.29 is 14.3 Å². The molecule has 2 atom stereocenters. The number of aryl methyl sites for hydroxylation is 1. The van der Waals surface area contributed by atoms with Gasteiger partial charge in [0.15, 0.2) is 6.29 Å². The molecule has 0 spiro atoms. The van der Waals surface area contributed by atoms with Gasteiger partial charge in [0, 0.05) is 10.9 Å². The van der Waals surface area contributed by atoms with E-state index in [9.17, 15) is 14.5 Å². The Bertz CT molecular complexity index is 1100. The van der Waals surface area contributed by atoms with E-state index < -0.39 is 18.1 Å². The SMILES string of the molecule is C=C(C)c1ccc(CN2C(=O)N(C[C@H](C)C(=O)N=O)NC2Nc2ccc(OC(C)C)c(C)c2)cc1. The van der Waals surface area contributed by atoms with E-state index in [0.717, 1.165) is 33.7 Å². The number of ether oxygens (including phenoxy) is 1. The van der Waals surface area contributed by atoms with E-state index in [0.29, 0.717) is 6.54 Å². The van der Waals surface area contributed by atoms with Crippen molar-refractivity contribution in [1.29, 1.82) is 0 Å². The number of amides is 3. The van der Waals surface area contributed by atoms with Crippen molar-refractivity contribution in [1.82, 2.24) is 15.3 Å². The molecule has 2 aromatic carbocycles. The summed E-state index contributed by atoms with van der Waals surface area (Å²) in [6.07, 6.45) is -0.515. The molecule has 0 bridgehead atoms. The summed E-state index contributed by atoms with van der Waals surface area (Å²) in [6, 6.07) is 13.3. The number of carbonyl (C=O) groups is 2. The first-order valence-electron chi connectivity index (χ1n) is 11.6. The number of nitrogens with zero attached hydrogens (tertiary/aromatic N) is 3. The van der Waals surface area contributed by atoms with Gasteiger partial charge in [-0.2, -0.15) is 5.43 Å². The van der Waals surface area contributed by atoms with Gasteiger partial charge in [-0.1, -0.05) is 43.3 Å². The Labute approximate surface area is 206 Å². The maximum atomic E-state index is 13.3. The van der Waals surface area contributed by atoms with Gasteiger partial charge in [-0.3, -0.25) is 14.7 Å². The van der Waals surface area contributed by atoms with Crippen molar-refractivity contribution in [3.8, 4) is 5.75 Å². The highest BCUT2D eigenvalue weighted by molar-refractivity contribution is 5.81. The lowest BCUT2D eigenvalue weighted by Gasteiger charge is -2.25. The van der Waals surface area contributed by atoms with Crippen LogP contribution in [0.15, 0.2) is 54.2 Å². The summed E-state index contributed by atoms with van der Waals surface area (Å²) in [5, 5.41) is 7.18. The number of hydrogen-bond acceptors (Lipinski definition) is 6. The lowest BCUT2D eigenvalue weighted by Crippen LogP contribution is -2.44. The average molecular weight is 480 g/mol. The van der Waals surface area contributed by atoms with Crippen LogP contribution >= 0.6 is 0 Å². The largest absolute Gasteiger partial charge is 0.491 e. The summed E-state index contributed by atoms with van der Waals surface area (Å²) in [5.74, 6) is -0.728. The molecule has 35 heavy (non-hydrogen) atoms. The zero-order chi connectivity index (χ0) is 25.7. The molecule has 1 aliphatic heterocycles. The molecule has 1 aliphatic rings. The zero-order valence-electron chi connectivity index (χ0n) is 20.9. The average Bonchev–Trinajstić information content (AvgIpc) is 3.09. The van der Waals surface area contributed by atoms with Gasteiger partial charge >= 0.3 is 6.03 Å². The van der Waals surface area contributed by atoms with Gasteiger partial charge in [-0.15, -0.1) is 4.91 Å². The molecule has 0 aromatic heterocycles. The third kappa shape index (κ3) is 6.45. The number of hydrazine groups is 1. The summed E-state index contributed by atoms with van der Waals surface area (Å²) >= 11 is 0. The highest BCUT2D eigenvalue weighted by Gasteiger charge is 2.38. The zero-order valence-corrected chi connectivity index (χ0v) is 20.9. The normalized spacial score (nSPS) is 16.4. The lowest BCUT2D eigenvalue weighted by molar-refractivity contribution is -0.121. The van der Waals surface area contributed by atoms with Gasteiger partial charge in [0.1, 0.15) is 5.75 Å². The van der Waals surface area contributed by atoms with E-state index in [1.54, 1.807) is 11.8 Å². The molecule has 1 unspecified atom stereocenters. The summed E-state index contributed by atoms with van der Waals surface area (Å²) in [5.41, 5.74) is 7.81. The number of anilines is 1. The minimum atomic E-state index is -0.797. The number of carbonyl (C=O) groups excluding carboxylic acids is 2. The molecule has 9 nitrogen and oxygen atoms in total. The van der Waals surface area contributed by atoms with Gasteiger partial charge in [0.05, 0.1) is 25.1 Å². The van der Waals surface area contributed by atoms with Crippen molar-refractivity contribution in [2.24, 2.45) is 11.1 Å². The molecule has 1 heterocycles. The van der Waals surface area contributed by atoms with Crippen LogP contribution in [0.25, 0.3) is 5.57 Å². The van der Waals surface area contributed by atoms with Crippen LogP contribution in [0, 0.1) is 17.7 Å². The summed E-state index contributed by atoms with van der Waals surface area (Å²) in [4.78, 5) is 37.2. The minimum Gasteiger partial charge on any atom is -0.491 e. The molecular formula is C26H33N5O4.